The maximum Gasteiger partial charge on any atom is 0.277 e. The van der Waals surface area contributed by atoms with Gasteiger partial charge in [0.15, 0.2) is 0 Å². The Balaban J connectivity index is 1.25. The number of aromatic nitrogens is 4. The number of fused-ring (bicyclic) bond motifs is 1. The molecule has 0 fully saturated rings. The summed E-state index contributed by atoms with van der Waals surface area (Å²) in [5, 5.41) is 12.8. The van der Waals surface area contributed by atoms with E-state index in [9.17, 15) is 9.59 Å². The Morgan fingerprint density at radius 1 is 1.06 bits per heavy atom. The number of hydrogen-bond donors (Lipinski definition) is 0. The standard InChI is InChI=1S/C25H23N5O3S/c1-17-8-10-18(11-9-17)20-12-13-23(31)30(28-20)15-22-26-27-25(33-22)34-16-24(32)29-14-4-6-19-5-2-3-7-21(19)29/h2-3,5,7-13H,4,6,14-16H2,1H3. The van der Waals surface area contributed by atoms with Crippen LogP contribution in [0.4, 0.5) is 5.69 Å². The summed E-state index contributed by atoms with van der Waals surface area (Å²) < 4.78 is 6.98. The largest absolute Gasteiger partial charge is 0.414 e. The van der Waals surface area contributed by atoms with Crippen LogP contribution < -0.4 is 10.5 Å². The number of carbonyl (C=O) groups excluding carboxylic acids is 1. The van der Waals surface area contributed by atoms with Gasteiger partial charge in [-0.1, -0.05) is 59.8 Å². The number of thioether (sulfide) groups is 1. The van der Waals surface area contributed by atoms with E-state index < -0.39 is 0 Å². The van der Waals surface area contributed by atoms with Crippen molar-refractivity contribution in [3.8, 4) is 11.3 Å². The van der Waals surface area contributed by atoms with E-state index in [0.717, 1.165) is 29.7 Å². The fraction of sp³-hybridized carbons (Fsp3) is 0.240. The van der Waals surface area contributed by atoms with Crippen LogP contribution in [0.15, 0.2) is 75.1 Å². The van der Waals surface area contributed by atoms with E-state index >= 15 is 0 Å². The fourth-order valence-corrected chi connectivity index (χ4v) is 4.58. The Morgan fingerprint density at radius 2 is 1.88 bits per heavy atom. The zero-order chi connectivity index (χ0) is 23.5. The molecule has 9 heteroatoms. The number of amides is 1. The summed E-state index contributed by atoms with van der Waals surface area (Å²) in [5.41, 5.74) is 4.65. The molecular weight excluding hydrogens is 450 g/mol. The van der Waals surface area contributed by atoms with Crippen molar-refractivity contribution in [3.05, 3.63) is 88.0 Å². The van der Waals surface area contributed by atoms with Gasteiger partial charge < -0.3 is 9.32 Å². The summed E-state index contributed by atoms with van der Waals surface area (Å²) in [5.74, 6) is 0.450. The maximum absolute atomic E-state index is 12.8. The molecule has 0 atom stereocenters. The predicted octanol–water partition coefficient (Wildman–Crippen LogP) is 3.72. The van der Waals surface area contributed by atoms with Crippen LogP contribution in [-0.2, 0) is 17.8 Å². The van der Waals surface area contributed by atoms with Crippen LogP contribution in [0.5, 0.6) is 0 Å². The highest BCUT2D eigenvalue weighted by Gasteiger charge is 2.23. The molecule has 0 spiro atoms. The summed E-state index contributed by atoms with van der Waals surface area (Å²) in [6.45, 7) is 2.78. The van der Waals surface area contributed by atoms with Crippen LogP contribution in [0, 0.1) is 6.92 Å². The van der Waals surface area contributed by atoms with Crippen molar-refractivity contribution in [2.75, 3.05) is 17.2 Å². The minimum Gasteiger partial charge on any atom is -0.414 e. The lowest BCUT2D eigenvalue weighted by Gasteiger charge is -2.29. The second kappa shape index (κ2) is 9.64. The van der Waals surface area contributed by atoms with Crippen molar-refractivity contribution in [3.63, 3.8) is 0 Å². The second-order valence-electron chi connectivity index (χ2n) is 8.11. The zero-order valence-corrected chi connectivity index (χ0v) is 19.5. The molecule has 0 saturated carbocycles. The number of rotatable bonds is 6. The highest BCUT2D eigenvalue weighted by atomic mass is 32.2. The van der Waals surface area contributed by atoms with Crippen LogP contribution in [0.2, 0.25) is 0 Å². The van der Waals surface area contributed by atoms with E-state index in [-0.39, 0.29) is 34.9 Å². The van der Waals surface area contributed by atoms with Crippen LogP contribution in [-0.4, -0.2) is 38.2 Å². The average molecular weight is 474 g/mol. The van der Waals surface area contributed by atoms with Gasteiger partial charge in [-0.05, 0) is 37.5 Å². The molecule has 0 radical (unpaired) electrons. The van der Waals surface area contributed by atoms with Gasteiger partial charge in [-0.3, -0.25) is 9.59 Å². The minimum atomic E-state index is -0.262. The van der Waals surface area contributed by atoms with Gasteiger partial charge in [-0.2, -0.15) is 5.10 Å². The smallest absolute Gasteiger partial charge is 0.277 e. The van der Waals surface area contributed by atoms with Gasteiger partial charge in [0, 0.05) is 23.9 Å². The average Bonchev–Trinajstić information content (AvgIpc) is 3.31. The molecule has 0 aliphatic carbocycles. The maximum atomic E-state index is 12.8. The molecule has 1 amide bonds. The topological polar surface area (TPSA) is 94.1 Å². The van der Waals surface area contributed by atoms with Gasteiger partial charge in [0.1, 0.15) is 6.54 Å². The van der Waals surface area contributed by atoms with Gasteiger partial charge in [-0.15, -0.1) is 10.2 Å². The highest BCUT2D eigenvalue weighted by Crippen LogP contribution is 2.28. The number of hydrogen-bond acceptors (Lipinski definition) is 7. The highest BCUT2D eigenvalue weighted by molar-refractivity contribution is 7.99. The summed E-state index contributed by atoms with van der Waals surface area (Å²) >= 11 is 1.19. The third-order valence-electron chi connectivity index (χ3n) is 5.68. The summed E-state index contributed by atoms with van der Waals surface area (Å²) in [6, 6.07) is 19.1. The first-order chi connectivity index (χ1) is 16.6. The lowest BCUT2D eigenvalue weighted by Crippen LogP contribution is -2.36. The molecule has 172 valence electrons. The van der Waals surface area contributed by atoms with E-state index in [1.807, 2.05) is 54.3 Å². The Labute approximate surface area is 200 Å². The van der Waals surface area contributed by atoms with Crippen molar-refractivity contribution in [1.29, 1.82) is 0 Å². The monoisotopic (exact) mass is 473 g/mol. The molecule has 0 saturated heterocycles. The lowest BCUT2D eigenvalue weighted by atomic mass is 10.0. The van der Waals surface area contributed by atoms with Crippen molar-refractivity contribution in [2.45, 2.75) is 31.5 Å². The lowest BCUT2D eigenvalue weighted by molar-refractivity contribution is -0.116. The van der Waals surface area contributed by atoms with Gasteiger partial charge in [0.05, 0.1) is 11.4 Å². The van der Waals surface area contributed by atoms with Gasteiger partial charge in [0.25, 0.3) is 10.8 Å². The van der Waals surface area contributed by atoms with Crippen LogP contribution in [0.25, 0.3) is 11.3 Å². The van der Waals surface area contributed by atoms with E-state index in [2.05, 4.69) is 21.4 Å². The number of nitrogens with zero attached hydrogens (tertiary/aromatic N) is 5. The van der Waals surface area contributed by atoms with Gasteiger partial charge in [-0.25, -0.2) is 4.68 Å². The van der Waals surface area contributed by atoms with Crippen molar-refractivity contribution < 1.29 is 9.21 Å². The molecule has 1 aliphatic heterocycles. The third kappa shape index (κ3) is 4.79. The van der Waals surface area contributed by atoms with Crippen LogP contribution >= 0.6 is 11.8 Å². The minimum absolute atomic E-state index is 0.000542. The van der Waals surface area contributed by atoms with Gasteiger partial charge in [0.2, 0.25) is 11.8 Å². The molecule has 4 aromatic rings. The Kier molecular flexibility index (Phi) is 6.27. The predicted molar refractivity (Wildman–Crippen MR) is 130 cm³/mol. The summed E-state index contributed by atoms with van der Waals surface area (Å²) in [6.07, 6.45) is 1.93. The molecule has 2 aromatic carbocycles. The van der Waals surface area contributed by atoms with Crippen molar-refractivity contribution in [1.82, 2.24) is 20.0 Å². The quantitative estimate of drug-likeness (QED) is 0.394. The first-order valence-corrected chi connectivity index (χ1v) is 12.0. The summed E-state index contributed by atoms with van der Waals surface area (Å²) in [7, 11) is 0. The first-order valence-electron chi connectivity index (χ1n) is 11.1. The van der Waals surface area contributed by atoms with E-state index in [1.165, 1.54) is 28.1 Å². The van der Waals surface area contributed by atoms with Crippen molar-refractivity contribution in [2.24, 2.45) is 0 Å². The molecule has 3 heterocycles. The molecule has 1 aliphatic rings. The molecule has 8 nitrogen and oxygen atoms in total. The molecule has 5 rings (SSSR count). The SMILES string of the molecule is Cc1ccc(-c2ccc(=O)n(Cc3nnc(SCC(=O)N4CCCc5ccccc54)o3)n2)cc1. The second-order valence-corrected chi connectivity index (χ2v) is 9.04. The normalized spacial score (nSPS) is 13.0. The number of benzene rings is 2. The Hall–Kier alpha value is -3.72. The molecule has 2 aromatic heterocycles. The molecular formula is C25H23N5O3S. The number of anilines is 1. The number of carbonyl (C=O) groups is 1. The third-order valence-corrected chi connectivity index (χ3v) is 6.48. The molecule has 0 bridgehead atoms. The Morgan fingerprint density at radius 3 is 2.74 bits per heavy atom. The summed E-state index contributed by atoms with van der Waals surface area (Å²) in [4.78, 5) is 27.0. The van der Waals surface area contributed by atoms with E-state index in [0.29, 0.717) is 12.2 Å². The molecule has 0 N–H and O–H groups in total. The fourth-order valence-electron chi connectivity index (χ4n) is 3.92. The van der Waals surface area contributed by atoms with Crippen LogP contribution in [0.3, 0.4) is 0 Å². The van der Waals surface area contributed by atoms with E-state index in [1.54, 1.807) is 6.07 Å². The van der Waals surface area contributed by atoms with E-state index in [4.69, 9.17) is 4.42 Å². The molecule has 34 heavy (non-hydrogen) atoms. The number of para-hydroxylation sites is 1. The Bertz CT molecular complexity index is 1380. The van der Waals surface area contributed by atoms with Crippen LogP contribution in [0.1, 0.15) is 23.4 Å². The zero-order valence-electron chi connectivity index (χ0n) is 18.7. The van der Waals surface area contributed by atoms with Gasteiger partial charge >= 0.3 is 0 Å². The molecule has 0 unspecified atom stereocenters. The number of aryl methyl sites for hydroxylation is 2. The first kappa shape index (κ1) is 22.1. The van der Waals surface area contributed by atoms with Crippen molar-refractivity contribution >= 4 is 23.4 Å².